The Labute approximate surface area is 199 Å². The van der Waals surface area contributed by atoms with Gasteiger partial charge in [-0.1, -0.05) is 55.8 Å². The lowest BCUT2D eigenvalue weighted by molar-refractivity contribution is 0.0443. The van der Waals surface area contributed by atoms with E-state index >= 15 is 0 Å². The zero-order chi connectivity index (χ0) is 23.2. The van der Waals surface area contributed by atoms with Crippen LogP contribution in [0.25, 0.3) is 10.9 Å². The highest BCUT2D eigenvalue weighted by molar-refractivity contribution is 5.93. The Hall–Kier alpha value is -3.64. The first kappa shape index (κ1) is 22.2. The van der Waals surface area contributed by atoms with E-state index in [0.717, 1.165) is 41.7 Å². The summed E-state index contributed by atoms with van der Waals surface area (Å²) in [6.07, 6.45) is 4.48. The molecule has 0 radical (unpaired) electrons. The number of benzene rings is 3. The molecule has 1 aliphatic rings. The van der Waals surface area contributed by atoms with Crippen LogP contribution in [-0.2, 0) is 17.8 Å². The number of rotatable bonds is 9. The van der Waals surface area contributed by atoms with E-state index in [9.17, 15) is 0 Å². The Balaban J connectivity index is 1.26. The summed E-state index contributed by atoms with van der Waals surface area (Å²) in [6.45, 7) is 3.89. The molecule has 1 unspecified atom stereocenters. The highest BCUT2D eigenvalue weighted by atomic mass is 16.6. The summed E-state index contributed by atoms with van der Waals surface area (Å²) in [7, 11) is 0. The van der Waals surface area contributed by atoms with Gasteiger partial charge in [-0.3, -0.25) is 0 Å². The Morgan fingerprint density at radius 3 is 2.65 bits per heavy atom. The fourth-order valence-corrected chi connectivity index (χ4v) is 4.07. The first-order valence-corrected chi connectivity index (χ1v) is 11.8. The lowest BCUT2D eigenvalue weighted by Crippen LogP contribution is -2.30. The predicted molar refractivity (Wildman–Crippen MR) is 134 cm³/mol. The topological polar surface area (TPSA) is 65.5 Å². The van der Waals surface area contributed by atoms with Crippen LogP contribution in [0.5, 0.6) is 11.5 Å². The molecule has 1 aliphatic heterocycles. The Kier molecular flexibility index (Phi) is 6.86. The van der Waals surface area contributed by atoms with Gasteiger partial charge in [0, 0.05) is 23.6 Å². The van der Waals surface area contributed by atoms with Gasteiger partial charge in [0.15, 0.2) is 11.5 Å². The number of fused-ring (bicyclic) bond motifs is 2. The van der Waals surface area contributed by atoms with Gasteiger partial charge in [0.1, 0.15) is 24.9 Å². The summed E-state index contributed by atoms with van der Waals surface area (Å²) in [5, 5.41) is 4.32. The maximum Gasteiger partial charge on any atom is 0.163 e. The lowest BCUT2D eigenvalue weighted by atomic mass is 10.1. The minimum Gasteiger partial charge on any atom is -0.486 e. The standard InChI is InChI=1S/C28H29N3O3/c1-2-6-20-9-11-22(12-10-20)31-28-24-15-27-26(16-25(24)29-19-30-28)33-18-23(34-27)13-14-32-17-21-7-4-3-5-8-21/h3-5,7-12,15-16,19,23H,2,6,13-14,17-18H2,1H3,(H,29,30,31). The molecule has 0 bridgehead atoms. The second-order valence-corrected chi connectivity index (χ2v) is 8.49. The molecule has 0 saturated heterocycles. The molecule has 1 atom stereocenters. The van der Waals surface area contributed by atoms with Crippen LogP contribution in [0.2, 0.25) is 0 Å². The fourth-order valence-electron chi connectivity index (χ4n) is 4.07. The number of hydrogen-bond acceptors (Lipinski definition) is 6. The van der Waals surface area contributed by atoms with E-state index in [2.05, 4.69) is 58.6 Å². The van der Waals surface area contributed by atoms with Crippen LogP contribution in [0.4, 0.5) is 11.5 Å². The molecule has 174 valence electrons. The predicted octanol–water partition coefficient (Wildman–Crippen LogP) is 6.07. The van der Waals surface area contributed by atoms with E-state index < -0.39 is 0 Å². The van der Waals surface area contributed by atoms with E-state index in [0.29, 0.717) is 31.3 Å². The van der Waals surface area contributed by atoms with E-state index in [1.807, 2.05) is 30.3 Å². The first-order chi connectivity index (χ1) is 16.8. The molecule has 0 aliphatic carbocycles. The molecule has 6 heteroatoms. The first-order valence-electron chi connectivity index (χ1n) is 11.8. The molecule has 2 heterocycles. The van der Waals surface area contributed by atoms with Crippen molar-refractivity contribution in [3.63, 3.8) is 0 Å². The zero-order valence-electron chi connectivity index (χ0n) is 19.4. The summed E-state index contributed by atoms with van der Waals surface area (Å²) in [4.78, 5) is 8.91. The fraction of sp³-hybridized carbons (Fsp3) is 0.286. The molecule has 0 saturated carbocycles. The van der Waals surface area contributed by atoms with Gasteiger partial charge in [0.2, 0.25) is 0 Å². The third-order valence-electron chi connectivity index (χ3n) is 5.87. The molecule has 6 nitrogen and oxygen atoms in total. The van der Waals surface area contributed by atoms with Crippen molar-refractivity contribution in [1.29, 1.82) is 0 Å². The summed E-state index contributed by atoms with van der Waals surface area (Å²) >= 11 is 0. The largest absolute Gasteiger partial charge is 0.486 e. The summed E-state index contributed by atoms with van der Waals surface area (Å²) < 4.78 is 18.1. The van der Waals surface area contributed by atoms with Gasteiger partial charge < -0.3 is 19.5 Å². The van der Waals surface area contributed by atoms with Gasteiger partial charge in [0.05, 0.1) is 18.7 Å². The average Bonchev–Trinajstić information content (AvgIpc) is 2.88. The molecule has 0 amide bonds. The maximum absolute atomic E-state index is 6.25. The zero-order valence-corrected chi connectivity index (χ0v) is 19.4. The summed E-state index contributed by atoms with van der Waals surface area (Å²) in [6, 6.07) is 22.5. The van der Waals surface area contributed by atoms with Crippen molar-refractivity contribution in [3.8, 4) is 11.5 Å². The van der Waals surface area contributed by atoms with Gasteiger partial charge in [0.25, 0.3) is 0 Å². The number of aromatic nitrogens is 2. The van der Waals surface area contributed by atoms with Gasteiger partial charge in [-0.05, 0) is 35.7 Å². The number of nitrogens with one attached hydrogen (secondary N) is 1. The number of anilines is 2. The van der Waals surface area contributed by atoms with Crippen molar-refractivity contribution < 1.29 is 14.2 Å². The number of nitrogens with zero attached hydrogens (tertiary/aromatic N) is 2. The van der Waals surface area contributed by atoms with Crippen molar-refractivity contribution in [1.82, 2.24) is 9.97 Å². The summed E-state index contributed by atoms with van der Waals surface area (Å²) in [5.41, 5.74) is 4.30. The number of ether oxygens (including phenoxy) is 3. The third-order valence-corrected chi connectivity index (χ3v) is 5.87. The number of hydrogen-bond donors (Lipinski definition) is 1. The normalized spacial score (nSPS) is 14.8. The molecule has 0 spiro atoms. The van der Waals surface area contributed by atoms with Crippen LogP contribution in [-0.4, -0.2) is 29.3 Å². The van der Waals surface area contributed by atoms with Crippen molar-refractivity contribution in [2.24, 2.45) is 0 Å². The Bertz CT molecular complexity index is 1230. The van der Waals surface area contributed by atoms with E-state index in [1.54, 1.807) is 6.33 Å². The van der Waals surface area contributed by atoms with Crippen LogP contribution >= 0.6 is 0 Å². The van der Waals surface area contributed by atoms with Crippen molar-refractivity contribution in [2.45, 2.75) is 38.9 Å². The second-order valence-electron chi connectivity index (χ2n) is 8.49. The smallest absolute Gasteiger partial charge is 0.163 e. The van der Waals surface area contributed by atoms with Gasteiger partial charge >= 0.3 is 0 Å². The van der Waals surface area contributed by atoms with Crippen LogP contribution < -0.4 is 14.8 Å². The van der Waals surface area contributed by atoms with E-state index in [-0.39, 0.29) is 6.10 Å². The van der Waals surface area contributed by atoms with Crippen molar-refractivity contribution in [2.75, 3.05) is 18.5 Å². The lowest BCUT2D eigenvalue weighted by Gasteiger charge is -2.27. The van der Waals surface area contributed by atoms with E-state index in [4.69, 9.17) is 14.2 Å². The van der Waals surface area contributed by atoms with Gasteiger partial charge in [-0.15, -0.1) is 0 Å². The highest BCUT2D eigenvalue weighted by Gasteiger charge is 2.22. The van der Waals surface area contributed by atoms with Gasteiger partial charge in [-0.2, -0.15) is 0 Å². The van der Waals surface area contributed by atoms with E-state index in [1.165, 1.54) is 11.1 Å². The minimum atomic E-state index is -0.0622. The molecule has 1 N–H and O–H groups in total. The molecule has 5 rings (SSSR count). The minimum absolute atomic E-state index is 0.0622. The van der Waals surface area contributed by atoms with Crippen LogP contribution in [0.15, 0.2) is 73.1 Å². The van der Waals surface area contributed by atoms with Crippen LogP contribution in [0, 0.1) is 0 Å². The third kappa shape index (κ3) is 5.29. The van der Waals surface area contributed by atoms with Crippen molar-refractivity contribution >= 4 is 22.4 Å². The molecule has 3 aromatic carbocycles. The maximum atomic E-state index is 6.25. The molecular weight excluding hydrogens is 426 g/mol. The van der Waals surface area contributed by atoms with Crippen LogP contribution in [0.3, 0.4) is 0 Å². The highest BCUT2D eigenvalue weighted by Crippen LogP contribution is 2.38. The second kappa shape index (κ2) is 10.5. The van der Waals surface area contributed by atoms with Gasteiger partial charge in [-0.25, -0.2) is 9.97 Å². The SMILES string of the molecule is CCCc1ccc(Nc2ncnc3cc4c(cc23)OC(CCOCc2ccccc2)CO4)cc1. The number of aryl methyl sites for hydroxylation is 1. The Morgan fingerprint density at radius 1 is 0.971 bits per heavy atom. The molecule has 1 aromatic heterocycles. The monoisotopic (exact) mass is 455 g/mol. The molecule has 0 fully saturated rings. The van der Waals surface area contributed by atoms with Crippen molar-refractivity contribution in [3.05, 3.63) is 84.2 Å². The van der Waals surface area contributed by atoms with Crippen LogP contribution in [0.1, 0.15) is 30.9 Å². The Morgan fingerprint density at radius 2 is 1.82 bits per heavy atom. The average molecular weight is 456 g/mol. The quantitative estimate of drug-likeness (QED) is 0.309. The molecule has 34 heavy (non-hydrogen) atoms. The molecular formula is C28H29N3O3. The molecule has 4 aromatic rings. The summed E-state index contributed by atoms with van der Waals surface area (Å²) in [5.74, 6) is 2.17.